The monoisotopic (exact) mass is 452 g/mol. The molecule has 3 aromatic rings. The number of sulfonamides is 1. The lowest BCUT2D eigenvalue weighted by molar-refractivity contribution is -0.117. The van der Waals surface area contributed by atoms with Gasteiger partial charge in [0.2, 0.25) is 5.91 Å². The molecule has 0 aliphatic carbocycles. The first kappa shape index (κ1) is 22.1. The number of aryl methyl sites for hydroxylation is 1. The van der Waals surface area contributed by atoms with E-state index < -0.39 is 10.0 Å². The topological polar surface area (TPSA) is 74.7 Å². The van der Waals surface area contributed by atoms with Gasteiger partial charge in [0, 0.05) is 31.7 Å². The van der Waals surface area contributed by atoms with Gasteiger partial charge in [0.05, 0.1) is 23.2 Å². The molecule has 1 fully saturated rings. The molecular weight excluding hydrogens is 424 g/mol. The zero-order valence-corrected chi connectivity index (χ0v) is 19.1. The Balaban J connectivity index is 1.46. The minimum Gasteiger partial charge on any atom is -0.353 e. The summed E-state index contributed by atoms with van der Waals surface area (Å²) in [6.45, 7) is 1.12. The van der Waals surface area contributed by atoms with E-state index in [-0.39, 0.29) is 23.4 Å². The number of nitrogens with zero attached hydrogens (tertiary/aromatic N) is 3. The third-order valence-corrected chi connectivity index (χ3v) is 7.71. The van der Waals surface area contributed by atoms with Crippen molar-refractivity contribution in [3.8, 4) is 0 Å². The van der Waals surface area contributed by atoms with Gasteiger partial charge in [0.15, 0.2) is 0 Å². The quantitative estimate of drug-likeness (QED) is 0.594. The van der Waals surface area contributed by atoms with Gasteiger partial charge in [-0.05, 0) is 61.9 Å². The van der Waals surface area contributed by atoms with Gasteiger partial charge >= 0.3 is 0 Å². The summed E-state index contributed by atoms with van der Waals surface area (Å²) in [5, 5.41) is 2.87. The molecule has 4 rings (SSSR count). The summed E-state index contributed by atoms with van der Waals surface area (Å²) >= 11 is 0. The molecule has 8 heteroatoms. The van der Waals surface area contributed by atoms with E-state index in [1.54, 1.807) is 36.4 Å². The highest BCUT2D eigenvalue weighted by Crippen LogP contribution is 2.31. The number of rotatable bonds is 7. The van der Waals surface area contributed by atoms with Crippen LogP contribution in [-0.4, -0.2) is 43.9 Å². The predicted octanol–water partition coefficient (Wildman–Crippen LogP) is 3.63. The molecule has 1 aliphatic heterocycles. The maximum Gasteiger partial charge on any atom is 0.264 e. The standard InChI is InChI=1S/C24H28N4O3S/c1-26-15-7-13-22(26)23-14-8-16-28(23)18-24(29)25-19-9-6-12-21(17-19)32(30,31)27(2)20-10-4-3-5-11-20/h3-7,9-13,15,17,23H,8,14,16,18H2,1-2H3,(H,25,29)/t23-/m1/s1. The van der Waals surface area contributed by atoms with E-state index in [0.717, 1.165) is 19.4 Å². The maximum atomic E-state index is 13.1. The lowest BCUT2D eigenvalue weighted by Gasteiger charge is -2.24. The van der Waals surface area contributed by atoms with Gasteiger partial charge in [0.25, 0.3) is 10.0 Å². The van der Waals surface area contributed by atoms with Crippen molar-refractivity contribution in [3.63, 3.8) is 0 Å². The largest absolute Gasteiger partial charge is 0.353 e. The fraction of sp³-hybridized carbons (Fsp3) is 0.292. The number of carbonyl (C=O) groups excluding carboxylic acids is 1. The number of aromatic nitrogens is 1. The average Bonchev–Trinajstić information content (AvgIpc) is 3.42. The Bertz CT molecular complexity index is 1190. The van der Waals surface area contributed by atoms with Crippen LogP contribution in [0.3, 0.4) is 0 Å². The van der Waals surface area contributed by atoms with Crippen LogP contribution in [0.5, 0.6) is 0 Å². The van der Waals surface area contributed by atoms with Gasteiger partial charge in [-0.25, -0.2) is 8.42 Å². The summed E-state index contributed by atoms with van der Waals surface area (Å²) in [7, 11) is -0.208. The third kappa shape index (κ3) is 4.56. The zero-order valence-electron chi connectivity index (χ0n) is 18.3. The Morgan fingerprint density at radius 1 is 1.09 bits per heavy atom. The van der Waals surface area contributed by atoms with Gasteiger partial charge in [-0.15, -0.1) is 0 Å². The number of hydrogen-bond donors (Lipinski definition) is 1. The molecule has 1 amide bonds. The van der Waals surface area contributed by atoms with E-state index in [0.29, 0.717) is 11.4 Å². The first-order chi connectivity index (χ1) is 15.4. The Morgan fingerprint density at radius 2 is 1.88 bits per heavy atom. The average molecular weight is 453 g/mol. The fourth-order valence-corrected chi connectivity index (χ4v) is 5.47. The Kier molecular flexibility index (Phi) is 6.34. The van der Waals surface area contributed by atoms with Crippen molar-refractivity contribution in [2.24, 2.45) is 7.05 Å². The Hall–Kier alpha value is -3.10. The van der Waals surface area contributed by atoms with Gasteiger partial charge in [-0.1, -0.05) is 24.3 Å². The fourth-order valence-electron chi connectivity index (χ4n) is 4.22. The summed E-state index contributed by atoms with van der Waals surface area (Å²) in [6.07, 6.45) is 4.08. The molecule has 2 aromatic carbocycles. The van der Waals surface area contributed by atoms with Crippen molar-refractivity contribution in [3.05, 3.63) is 78.6 Å². The molecular formula is C24H28N4O3S. The van der Waals surface area contributed by atoms with E-state index >= 15 is 0 Å². The Labute approximate surface area is 189 Å². The van der Waals surface area contributed by atoms with Crippen molar-refractivity contribution < 1.29 is 13.2 Å². The number of hydrogen-bond acceptors (Lipinski definition) is 4. The molecule has 0 saturated carbocycles. The minimum absolute atomic E-state index is 0.129. The van der Waals surface area contributed by atoms with E-state index in [1.807, 2.05) is 25.4 Å². The predicted molar refractivity (Wildman–Crippen MR) is 126 cm³/mol. The van der Waals surface area contributed by atoms with Crippen molar-refractivity contribution in [1.29, 1.82) is 0 Å². The lowest BCUT2D eigenvalue weighted by atomic mass is 10.1. The minimum atomic E-state index is -3.75. The smallest absolute Gasteiger partial charge is 0.264 e. The first-order valence-electron chi connectivity index (χ1n) is 10.7. The molecule has 1 atom stereocenters. The highest BCUT2D eigenvalue weighted by Gasteiger charge is 2.29. The second kappa shape index (κ2) is 9.18. The normalized spacial score (nSPS) is 16.8. The molecule has 0 spiro atoms. The van der Waals surface area contributed by atoms with Crippen LogP contribution in [0.1, 0.15) is 24.6 Å². The maximum absolute atomic E-state index is 13.1. The highest BCUT2D eigenvalue weighted by molar-refractivity contribution is 7.92. The zero-order chi connectivity index (χ0) is 22.7. The molecule has 1 saturated heterocycles. The number of nitrogens with one attached hydrogen (secondary N) is 1. The number of amides is 1. The second-order valence-electron chi connectivity index (χ2n) is 8.06. The van der Waals surface area contributed by atoms with Crippen LogP contribution in [0.25, 0.3) is 0 Å². The summed E-state index contributed by atoms with van der Waals surface area (Å²) < 4.78 is 29.5. The van der Waals surface area contributed by atoms with E-state index in [9.17, 15) is 13.2 Å². The van der Waals surface area contributed by atoms with Crippen LogP contribution in [0.2, 0.25) is 0 Å². The number of para-hydroxylation sites is 1. The van der Waals surface area contributed by atoms with E-state index in [1.165, 1.54) is 29.2 Å². The molecule has 1 aliphatic rings. The van der Waals surface area contributed by atoms with Crippen molar-refractivity contribution in [2.75, 3.05) is 29.8 Å². The van der Waals surface area contributed by atoms with Crippen LogP contribution in [0, 0.1) is 0 Å². The highest BCUT2D eigenvalue weighted by atomic mass is 32.2. The summed E-state index contributed by atoms with van der Waals surface area (Å²) in [5.74, 6) is -0.155. The van der Waals surface area contributed by atoms with E-state index in [2.05, 4.69) is 20.9 Å². The lowest BCUT2D eigenvalue weighted by Crippen LogP contribution is -2.33. The van der Waals surface area contributed by atoms with Crippen LogP contribution < -0.4 is 9.62 Å². The summed E-state index contributed by atoms with van der Waals surface area (Å²) in [5.41, 5.74) is 2.24. The number of likely N-dealkylation sites (tertiary alicyclic amines) is 1. The van der Waals surface area contributed by atoms with Crippen LogP contribution in [0.15, 0.2) is 77.8 Å². The molecule has 32 heavy (non-hydrogen) atoms. The van der Waals surface area contributed by atoms with Crippen LogP contribution >= 0.6 is 0 Å². The molecule has 2 heterocycles. The van der Waals surface area contributed by atoms with Gasteiger partial charge in [-0.2, -0.15) is 0 Å². The molecule has 0 radical (unpaired) electrons. The number of carbonyl (C=O) groups is 1. The molecule has 0 bridgehead atoms. The van der Waals surface area contributed by atoms with Gasteiger partial charge < -0.3 is 9.88 Å². The summed E-state index contributed by atoms with van der Waals surface area (Å²) in [4.78, 5) is 15.1. The summed E-state index contributed by atoms with van der Waals surface area (Å²) in [6, 6.07) is 19.6. The van der Waals surface area contributed by atoms with Crippen LogP contribution in [0.4, 0.5) is 11.4 Å². The Morgan fingerprint density at radius 3 is 2.59 bits per heavy atom. The molecule has 0 unspecified atom stereocenters. The van der Waals surface area contributed by atoms with Crippen molar-refractivity contribution >= 4 is 27.3 Å². The first-order valence-corrected chi connectivity index (χ1v) is 12.1. The van der Waals surface area contributed by atoms with E-state index in [4.69, 9.17) is 0 Å². The number of benzene rings is 2. The van der Waals surface area contributed by atoms with Gasteiger partial charge in [-0.3, -0.25) is 14.0 Å². The molecule has 168 valence electrons. The van der Waals surface area contributed by atoms with Crippen LogP contribution in [-0.2, 0) is 21.9 Å². The SMILES string of the molecule is CN(c1ccccc1)S(=O)(=O)c1cccc(NC(=O)CN2CCC[C@@H]2c2cccn2C)c1. The van der Waals surface area contributed by atoms with Crippen molar-refractivity contribution in [2.45, 2.75) is 23.8 Å². The second-order valence-corrected chi connectivity index (χ2v) is 10.0. The van der Waals surface area contributed by atoms with Crippen molar-refractivity contribution in [1.82, 2.24) is 9.47 Å². The number of anilines is 2. The van der Waals surface area contributed by atoms with Gasteiger partial charge in [0.1, 0.15) is 0 Å². The molecule has 1 N–H and O–H groups in total. The molecule has 1 aromatic heterocycles. The molecule has 7 nitrogen and oxygen atoms in total. The third-order valence-electron chi connectivity index (χ3n) is 5.93.